The number of amides is 1. The second kappa shape index (κ2) is 6.21. The monoisotopic (exact) mass is 302 g/mol. The van der Waals surface area contributed by atoms with Gasteiger partial charge in [-0.3, -0.25) is 10.1 Å². The van der Waals surface area contributed by atoms with Crippen LogP contribution in [-0.2, 0) is 11.3 Å². The molecule has 0 fully saturated rings. The van der Waals surface area contributed by atoms with Crippen LogP contribution in [0.1, 0.15) is 16.1 Å². The Hall–Kier alpha value is -2.96. The first-order valence-corrected chi connectivity index (χ1v) is 6.58. The number of furan rings is 1. The minimum atomic E-state index is -0.420. The first kappa shape index (κ1) is 14.0. The van der Waals surface area contributed by atoms with Crippen LogP contribution in [0.2, 0.25) is 0 Å². The maximum Gasteiger partial charge on any atom is 0.294 e. The third-order valence-electron chi connectivity index (χ3n) is 3.00. The summed E-state index contributed by atoms with van der Waals surface area (Å²) >= 11 is 0. The predicted molar refractivity (Wildman–Crippen MR) is 76.9 cm³/mol. The van der Waals surface area contributed by atoms with Crippen molar-refractivity contribution in [2.24, 2.45) is 4.99 Å². The average Bonchev–Trinajstić information content (AvgIpc) is 3.21. The number of nitrogens with zero attached hydrogens (tertiary/aromatic N) is 1. The number of carbonyl (C=O) groups excluding carboxylic acids is 1. The fourth-order valence-corrected chi connectivity index (χ4v) is 1.92. The Morgan fingerprint density at radius 2 is 2.18 bits per heavy atom. The van der Waals surface area contributed by atoms with E-state index in [9.17, 15) is 4.79 Å². The van der Waals surface area contributed by atoms with Crippen LogP contribution in [0.15, 0.2) is 46.0 Å². The summed E-state index contributed by atoms with van der Waals surface area (Å²) in [6, 6.07) is 8.83. The molecule has 1 N–H and O–H groups in total. The quantitative estimate of drug-likeness (QED) is 0.692. The molecule has 0 aliphatic carbocycles. The highest BCUT2D eigenvalue weighted by Gasteiger charge is 2.14. The third-order valence-corrected chi connectivity index (χ3v) is 3.00. The number of hydrogen-bond acceptors (Lipinski definition) is 6. The third kappa shape index (κ3) is 3.03. The number of amidine groups is 1. The summed E-state index contributed by atoms with van der Waals surface area (Å²) < 4.78 is 20.6. The summed E-state index contributed by atoms with van der Waals surface area (Å²) in [5, 5.41) is 2.53. The fraction of sp³-hybridized carbons (Fsp3) is 0.200. The molecule has 0 radical (unpaired) electrons. The Bertz CT molecular complexity index is 694. The maximum absolute atomic E-state index is 11.8. The molecule has 0 bridgehead atoms. The van der Waals surface area contributed by atoms with E-state index in [2.05, 4.69) is 10.3 Å². The highest BCUT2D eigenvalue weighted by molar-refractivity contribution is 6.02. The molecule has 1 aliphatic rings. The molecule has 0 unspecified atom stereocenters. The van der Waals surface area contributed by atoms with Gasteiger partial charge in [0, 0.05) is 0 Å². The van der Waals surface area contributed by atoms with Crippen molar-refractivity contribution < 1.29 is 23.4 Å². The number of aliphatic imine (C=N–C) groups is 1. The zero-order valence-corrected chi connectivity index (χ0v) is 11.9. The smallest absolute Gasteiger partial charge is 0.294 e. The van der Waals surface area contributed by atoms with Crippen molar-refractivity contribution in [3.05, 3.63) is 47.9 Å². The van der Waals surface area contributed by atoms with Gasteiger partial charge in [-0.05, 0) is 29.8 Å². The normalized spacial score (nSPS) is 13.0. The molecule has 7 nitrogen and oxygen atoms in total. The first-order valence-electron chi connectivity index (χ1n) is 6.58. The Morgan fingerprint density at radius 1 is 1.32 bits per heavy atom. The Balaban J connectivity index is 1.66. The van der Waals surface area contributed by atoms with Gasteiger partial charge in [0.2, 0.25) is 6.79 Å². The maximum atomic E-state index is 11.8. The number of hydrogen-bond donors (Lipinski definition) is 1. The van der Waals surface area contributed by atoms with Gasteiger partial charge >= 0.3 is 0 Å². The molecule has 2 aromatic rings. The van der Waals surface area contributed by atoms with E-state index in [1.807, 2.05) is 18.2 Å². The molecule has 0 spiro atoms. The largest absolute Gasteiger partial charge is 0.468 e. The van der Waals surface area contributed by atoms with Gasteiger partial charge in [-0.15, -0.1) is 0 Å². The zero-order chi connectivity index (χ0) is 15.4. The molecule has 3 rings (SSSR count). The number of carbonyl (C=O) groups is 1. The Labute approximate surface area is 126 Å². The Kier molecular flexibility index (Phi) is 3.95. The standard InChI is InChI=1S/C15H14N2O5/c1-19-15(17-14(18)12-3-2-6-20-12)16-8-10-4-5-11-13(7-10)22-9-21-11/h2-7H,8-9H2,1H3,(H,16,17,18). The topological polar surface area (TPSA) is 82.3 Å². The average molecular weight is 302 g/mol. The minimum absolute atomic E-state index is 0.110. The van der Waals surface area contributed by atoms with Gasteiger partial charge < -0.3 is 18.6 Å². The number of rotatable bonds is 3. The molecule has 114 valence electrons. The van der Waals surface area contributed by atoms with Crippen molar-refractivity contribution in [2.75, 3.05) is 13.9 Å². The van der Waals surface area contributed by atoms with Gasteiger partial charge in [0.15, 0.2) is 17.3 Å². The second-order valence-electron chi connectivity index (χ2n) is 4.44. The van der Waals surface area contributed by atoms with Gasteiger partial charge in [-0.1, -0.05) is 6.07 Å². The van der Waals surface area contributed by atoms with Gasteiger partial charge in [0.1, 0.15) is 0 Å². The SMILES string of the molecule is COC(=NCc1ccc2c(c1)OCO2)NC(=O)c1ccco1. The van der Waals surface area contributed by atoms with Crippen LogP contribution in [0.25, 0.3) is 0 Å². The molecular formula is C15H14N2O5. The molecule has 1 aromatic heterocycles. The predicted octanol–water partition coefficient (Wildman–Crippen LogP) is 1.94. The first-order chi connectivity index (χ1) is 10.8. The highest BCUT2D eigenvalue weighted by atomic mass is 16.7. The zero-order valence-electron chi connectivity index (χ0n) is 11.9. The van der Waals surface area contributed by atoms with Gasteiger partial charge in [-0.2, -0.15) is 0 Å². The van der Waals surface area contributed by atoms with Gasteiger partial charge in [-0.25, -0.2) is 4.99 Å². The number of fused-ring (bicyclic) bond motifs is 1. The van der Waals surface area contributed by atoms with E-state index in [0.717, 1.165) is 5.56 Å². The van der Waals surface area contributed by atoms with Crippen molar-refractivity contribution in [1.29, 1.82) is 0 Å². The number of methoxy groups -OCH3 is 1. The van der Waals surface area contributed by atoms with E-state index in [-0.39, 0.29) is 18.6 Å². The molecular weight excluding hydrogens is 288 g/mol. The lowest BCUT2D eigenvalue weighted by Gasteiger charge is -2.06. The van der Waals surface area contributed by atoms with Crippen LogP contribution in [0.4, 0.5) is 0 Å². The molecule has 0 saturated heterocycles. The lowest BCUT2D eigenvalue weighted by molar-refractivity contribution is 0.0941. The number of nitrogens with one attached hydrogen (secondary N) is 1. The van der Waals surface area contributed by atoms with E-state index in [4.69, 9.17) is 18.6 Å². The van der Waals surface area contributed by atoms with Crippen molar-refractivity contribution in [2.45, 2.75) is 6.54 Å². The van der Waals surface area contributed by atoms with Crippen LogP contribution >= 0.6 is 0 Å². The van der Waals surface area contributed by atoms with E-state index >= 15 is 0 Å². The van der Waals surface area contributed by atoms with Gasteiger partial charge in [0.25, 0.3) is 11.9 Å². The van der Waals surface area contributed by atoms with E-state index in [1.165, 1.54) is 13.4 Å². The number of benzene rings is 1. The summed E-state index contributed by atoms with van der Waals surface area (Å²) in [6.07, 6.45) is 1.42. The fourth-order valence-electron chi connectivity index (χ4n) is 1.92. The molecule has 22 heavy (non-hydrogen) atoms. The van der Waals surface area contributed by atoms with E-state index in [1.54, 1.807) is 12.1 Å². The van der Waals surface area contributed by atoms with Crippen LogP contribution in [-0.4, -0.2) is 25.8 Å². The highest BCUT2D eigenvalue weighted by Crippen LogP contribution is 2.32. The van der Waals surface area contributed by atoms with Crippen molar-refractivity contribution in [3.63, 3.8) is 0 Å². The number of ether oxygens (including phenoxy) is 3. The Morgan fingerprint density at radius 3 is 2.95 bits per heavy atom. The van der Waals surface area contributed by atoms with E-state index < -0.39 is 5.91 Å². The van der Waals surface area contributed by atoms with Crippen molar-refractivity contribution >= 4 is 11.9 Å². The lowest BCUT2D eigenvalue weighted by Crippen LogP contribution is -2.31. The molecule has 1 aromatic carbocycles. The molecule has 1 amide bonds. The summed E-state index contributed by atoms with van der Waals surface area (Å²) in [5.41, 5.74) is 0.908. The van der Waals surface area contributed by atoms with E-state index in [0.29, 0.717) is 18.0 Å². The van der Waals surface area contributed by atoms with Crippen LogP contribution in [0.3, 0.4) is 0 Å². The minimum Gasteiger partial charge on any atom is -0.468 e. The van der Waals surface area contributed by atoms with Crippen LogP contribution < -0.4 is 14.8 Å². The summed E-state index contributed by atoms with van der Waals surface area (Å²) in [7, 11) is 1.43. The molecule has 1 aliphatic heterocycles. The lowest BCUT2D eigenvalue weighted by atomic mass is 10.2. The van der Waals surface area contributed by atoms with Crippen molar-refractivity contribution in [1.82, 2.24) is 5.32 Å². The molecule has 0 atom stereocenters. The van der Waals surface area contributed by atoms with Crippen LogP contribution in [0, 0.1) is 0 Å². The summed E-state index contributed by atoms with van der Waals surface area (Å²) in [5.74, 6) is 1.17. The van der Waals surface area contributed by atoms with Crippen molar-refractivity contribution in [3.8, 4) is 11.5 Å². The summed E-state index contributed by atoms with van der Waals surface area (Å²) in [6.45, 7) is 0.558. The molecule has 7 heteroatoms. The molecule has 0 saturated carbocycles. The summed E-state index contributed by atoms with van der Waals surface area (Å²) in [4.78, 5) is 16.0. The van der Waals surface area contributed by atoms with Crippen LogP contribution in [0.5, 0.6) is 11.5 Å². The van der Waals surface area contributed by atoms with Gasteiger partial charge in [0.05, 0.1) is 19.9 Å². The second-order valence-corrected chi connectivity index (χ2v) is 4.44. The molecule has 2 heterocycles.